The lowest BCUT2D eigenvalue weighted by atomic mass is 10.0. The number of nitro benzene ring substituents is 1. The summed E-state index contributed by atoms with van der Waals surface area (Å²) in [6, 6.07) is 7.74. The molecule has 2 aromatic rings. The second-order valence-electron chi connectivity index (χ2n) is 3.90. The van der Waals surface area contributed by atoms with E-state index in [0.717, 1.165) is 6.07 Å². The highest BCUT2D eigenvalue weighted by Gasteiger charge is 2.32. The Labute approximate surface area is 100 Å². The highest BCUT2D eigenvalue weighted by molar-refractivity contribution is 6.53. The molecular formula is C12H6N2O4. The number of hydrogen-bond acceptors (Lipinski definition) is 4. The molecule has 88 valence electrons. The Morgan fingerprint density at radius 1 is 1.11 bits per heavy atom. The molecule has 1 amide bonds. The van der Waals surface area contributed by atoms with Gasteiger partial charge in [0.2, 0.25) is 0 Å². The third kappa shape index (κ3) is 1.22. The number of benzene rings is 2. The summed E-state index contributed by atoms with van der Waals surface area (Å²) in [5.74, 6) is -1.49. The third-order valence-corrected chi connectivity index (χ3v) is 2.91. The second kappa shape index (κ2) is 3.36. The third-order valence-electron chi connectivity index (χ3n) is 2.91. The minimum atomic E-state index is -0.754. The van der Waals surface area contributed by atoms with Crippen molar-refractivity contribution < 1.29 is 14.5 Å². The van der Waals surface area contributed by atoms with Gasteiger partial charge in [0.1, 0.15) is 0 Å². The lowest BCUT2D eigenvalue weighted by Gasteiger charge is -2.04. The van der Waals surface area contributed by atoms with E-state index < -0.39 is 16.6 Å². The van der Waals surface area contributed by atoms with Crippen molar-refractivity contribution in [3.05, 3.63) is 46.0 Å². The average molecular weight is 242 g/mol. The number of carbonyl (C=O) groups excluding carboxylic acids is 2. The Kier molecular flexibility index (Phi) is 1.94. The number of hydrogen-bond donors (Lipinski definition) is 1. The lowest BCUT2D eigenvalue weighted by Crippen LogP contribution is -2.12. The van der Waals surface area contributed by atoms with E-state index >= 15 is 0 Å². The first-order valence-electron chi connectivity index (χ1n) is 5.15. The normalized spacial score (nSPS) is 13.6. The molecule has 6 heteroatoms. The molecule has 0 unspecified atom stereocenters. The molecule has 0 aromatic heterocycles. The van der Waals surface area contributed by atoms with Gasteiger partial charge in [0.15, 0.2) is 0 Å². The fourth-order valence-electron chi connectivity index (χ4n) is 2.11. The first-order chi connectivity index (χ1) is 8.59. The summed E-state index contributed by atoms with van der Waals surface area (Å²) >= 11 is 0. The zero-order chi connectivity index (χ0) is 12.9. The Morgan fingerprint density at radius 2 is 1.78 bits per heavy atom. The number of non-ortho nitro benzene ring substituents is 1. The summed E-state index contributed by atoms with van der Waals surface area (Å²) < 4.78 is 0. The van der Waals surface area contributed by atoms with Gasteiger partial charge in [-0.25, -0.2) is 0 Å². The number of ketones is 1. The maximum Gasteiger partial charge on any atom is 0.296 e. The van der Waals surface area contributed by atoms with Crippen molar-refractivity contribution in [1.29, 1.82) is 0 Å². The van der Waals surface area contributed by atoms with Gasteiger partial charge >= 0.3 is 0 Å². The van der Waals surface area contributed by atoms with Gasteiger partial charge in [0, 0.05) is 11.5 Å². The number of Topliss-reactive ketones (excluding diaryl/α,β-unsaturated/α-hetero) is 1. The van der Waals surface area contributed by atoms with E-state index in [9.17, 15) is 19.7 Å². The zero-order valence-corrected chi connectivity index (χ0v) is 8.97. The molecular weight excluding hydrogens is 236 g/mol. The maximum atomic E-state index is 11.6. The van der Waals surface area contributed by atoms with Crippen LogP contribution in [0.4, 0.5) is 11.4 Å². The van der Waals surface area contributed by atoms with Gasteiger partial charge in [-0.1, -0.05) is 18.2 Å². The highest BCUT2D eigenvalue weighted by Crippen LogP contribution is 2.37. The summed E-state index contributed by atoms with van der Waals surface area (Å²) in [6.07, 6.45) is 0. The van der Waals surface area contributed by atoms with Crippen molar-refractivity contribution >= 4 is 33.8 Å². The van der Waals surface area contributed by atoms with Gasteiger partial charge < -0.3 is 5.32 Å². The molecule has 1 heterocycles. The molecule has 1 aliphatic rings. The molecule has 0 fully saturated rings. The van der Waals surface area contributed by atoms with Gasteiger partial charge in [-0.2, -0.15) is 0 Å². The molecule has 0 radical (unpaired) electrons. The van der Waals surface area contributed by atoms with E-state index in [1.807, 2.05) is 0 Å². The Bertz CT molecular complexity index is 736. The van der Waals surface area contributed by atoms with Gasteiger partial charge in [0.25, 0.3) is 17.4 Å². The molecule has 0 aliphatic carbocycles. The molecule has 0 saturated heterocycles. The van der Waals surface area contributed by atoms with Gasteiger partial charge in [-0.3, -0.25) is 19.7 Å². The fourth-order valence-corrected chi connectivity index (χ4v) is 2.11. The Morgan fingerprint density at radius 3 is 2.44 bits per heavy atom. The number of nitrogens with one attached hydrogen (secondary N) is 1. The quantitative estimate of drug-likeness (QED) is 0.469. The molecule has 0 bridgehead atoms. The van der Waals surface area contributed by atoms with Crippen LogP contribution in [0, 0.1) is 10.1 Å². The van der Waals surface area contributed by atoms with Crippen LogP contribution in [0.3, 0.4) is 0 Å². The van der Waals surface area contributed by atoms with Crippen molar-refractivity contribution in [1.82, 2.24) is 0 Å². The van der Waals surface area contributed by atoms with Crippen molar-refractivity contribution in [3.63, 3.8) is 0 Å². The first-order valence-corrected chi connectivity index (χ1v) is 5.15. The molecule has 0 saturated carbocycles. The smallest absolute Gasteiger partial charge is 0.296 e. The summed E-state index contributed by atoms with van der Waals surface area (Å²) in [4.78, 5) is 33.3. The summed E-state index contributed by atoms with van der Waals surface area (Å²) in [7, 11) is 0. The van der Waals surface area contributed by atoms with Crippen molar-refractivity contribution in [2.75, 3.05) is 5.32 Å². The monoisotopic (exact) mass is 242 g/mol. The van der Waals surface area contributed by atoms with Crippen LogP contribution in [0.25, 0.3) is 10.8 Å². The topological polar surface area (TPSA) is 89.3 Å². The molecule has 1 N–H and O–H groups in total. The standard InChI is InChI=1S/C12H6N2O4/c15-11-8-5-9(14(17)18)6-3-1-2-4-7(6)10(8)13-12(11)16/h1-5H,(H,13,15,16). The van der Waals surface area contributed by atoms with Crippen LogP contribution in [0.5, 0.6) is 0 Å². The molecule has 18 heavy (non-hydrogen) atoms. The fraction of sp³-hybridized carbons (Fsp3) is 0. The highest BCUT2D eigenvalue weighted by atomic mass is 16.6. The van der Waals surface area contributed by atoms with Gasteiger partial charge in [-0.05, 0) is 6.07 Å². The average Bonchev–Trinajstić information content (AvgIpc) is 2.65. The number of rotatable bonds is 1. The first kappa shape index (κ1) is 10.4. The van der Waals surface area contributed by atoms with E-state index in [2.05, 4.69) is 5.32 Å². The number of carbonyl (C=O) groups is 2. The van der Waals surface area contributed by atoms with Crippen LogP contribution in [-0.2, 0) is 4.79 Å². The number of nitro groups is 1. The van der Waals surface area contributed by atoms with E-state index in [-0.39, 0.29) is 11.3 Å². The van der Waals surface area contributed by atoms with Crippen molar-refractivity contribution in [2.24, 2.45) is 0 Å². The van der Waals surface area contributed by atoms with Gasteiger partial charge in [-0.15, -0.1) is 0 Å². The molecule has 1 aliphatic heterocycles. The largest absolute Gasteiger partial charge is 0.318 e. The van der Waals surface area contributed by atoms with E-state index in [0.29, 0.717) is 16.5 Å². The van der Waals surface area contributed by atoms with E-state index in [1.54, 1.807) is 24.3 Å². The number of anilines is 1. The lowest BCUT2D eigenvalue weighted by molar-refractivity contribution is -0.383. The van der Waals surface area contributed by atoms with Crippen LogP contribution >= 0.6 is 0 Å². The van der Waals surface area contributed by atoms with Crippen molar-refractivity contribution in [2.45, 2.75) is 0 Å². The minimum absolute atomic E-state index is 0.0606. The molecule has 2 aromatic carbocycles. The number of fused-ring (bicyclic) bond motifs is 3. The van der Waals surface area contributed by atoms with Gasteiger partial charge in [0.05, 0.1) is 21.6 Å². The Balaban J connectivity index is 2.47. The van der Waals surface area contributed by atoms with Crippen LogP contribution < -0.4 is 5.32 Å². The molecule has 0 spiro atoms. The van der Waals surface area contributed by atoms with Crippen LogP contribution in [0.1, 0.15) is 10.4 Å². The second-order valence-corrected chi connectivity index (χ2v) is 3.90. The maximum absolute atomic E-state index is 11.6. The minimum Gasteiger partial charge on any atom is -0.318 e. The van der Waals surface area contributed by atoms with Crippen LogP contribution in [0.15, 0.2) is 30.3 Å². The van der Waals surface area contributed by atoms with Crippen molar-refractivity contribution in [3.8, 4) is 0 Å². The Hall–Kier alpha value is -2.76. The summed E-state index contributed by atoms with van der Waals surface area (Å²) in [5.41, 5.74) is 0.241. The molecule has 6 nitrogen and oxygen atoms in total. The van der Waals surface area contributed by atoms with E-state index in [4.69, 9.17) is 0 Å². The zero-order valence-electron chi connectivity index (χ0n) is 8.97. The number of amides is 1. The predicted molar refractivity (Wildman–Crippen MR) is 63.6 cm³/mol. The SMILES string of the molecule is O=C1Nc2c(cc([N+](=O)[O-])c3ccccc23)C1=O. The molecule has 0 atom stereocenters. The molecule has 3 rings (SSSR count). The van der Waals surface area contributed by atoms with Crippen LogP contribution in [0.2, 0.25) is 0 Å². The predicted octanol–water partition coefficient (Wildman–Crippen LogP) is 1.88. The number of nitrogens with zero attached hydrogens (tertiary/aromatic N) is 1. The van der Waals surface area contributed by atoms with Crippen LogP contribution in [-0.4, -0.2) is 16.6 Å². The summed E-state index contributed by atoms with van der Waals surface area (Å²) in [5, 5.41) is 14.3. The summed E-state index contributed by atoms with van der Waals surface area (Å²) in [6.45, 7) is 0. The van der Waals surface area contributed by atoms with E-state index in [1.165, 1.54) is 0 Å².